The molecule has 1 aromatic rings. The van der Waals surface area contributed by atoms with Crippen molar-refractivity contribution in [2.45, 2.75) is 26.0 Å². The Kier molecular flexibility index (Phi) is 4.97. The summed E-state index contributed by atoms with van der Waals surface area (Å²) in [7, 11) is 3.39. The molecular weight excluding hydrogens is 216 g/mol. The molecule has 1 amide bonds. The second kappa shape index (κ2) is 6.25. The normalized spacial score (nSPS) is 12.3. The lowest BCUT2D eigenvalue weighted by atomic mass is 10.1. The number of benzene rings is 1. The lowest BCUT2D eigenvalue weighted by Gasteiger charge is -2.16. The van der Waals surface area contributed by atoms with Crippen molar-refractivity contribution in [2.75, 3.05) is 14.1 Å². The summed E-state index contributed by atoms with van der Waals surface area (Å²) in [6.07, 6.45) is 0.153. The minimum atomic E-state index is -0.326. The van der Waals surface area contributed by atoms with Gasteiger partial charge in [0.25, 0.3) is 0 Å². The summed E-state index contributed by atoms with van der Waals surface area (Å²) >= 11 is 0. The molecule has 4 heteroatoms. The van der Waals surface area contributed by atoms with Gasteiger partial charge in [0.05, 0.1) is 6.10 Å². The molecule has 0 saturated carbocycles. The molecule has 94 valence electrons. The Labute approximate surface area is 102 Å². The number of hydrogen-bond donors (Lipinski definition) is 2. The van der Waals surface area contributed by atoms with E-state index < -0.39 is 0 Å². The molecular formula is C13H20N2O2. The molecule has 0 saturated heterocycles. The van der Waals surface area contributed by atoms with Crippen LogP contribution < -0.4 is 15.4 Å². The largest absolute Gasteiger partial charge is 0.491 e. The van der Waals surface area contributed by atoms with Crippen LogP contribution in [-0.4, -0.2) is 26.1 Å². The molecule has 1 rings (SSSR count). The van der Waals surface area contributed by atoms with Crippen molar-refractivity contribution in [1.29, 1.82) is 0 Å². The monoisotopic (exact) mass is 236 g/mol. The number of ether oxygens (including phenoxy) is 1. The summed E-state index contributed by atoms with van der Waals surface area (Å²) in [5, 5.41) is 5.61. The zero-order valence-electron chi connectivity index (χ0n) is 10.8. The maximum absolute atomic E-state index is 11.6. The van der Waals surface area contributed by atoms with E-state index in [1.165, 1.54) is 0 Å². The smallest absolute Gasteiger partial charge is 0.241 e. The summed E-state index contributed by atoms with van der Waals surface area (Å²) in [6.45, 7) is 3.96. The van der Waals surface area contributed by atoms with Gasteiger partial charge in [0.2, 0.25) is 5.91 Å². The first-order valence-corrected chi connectivity index (χ1v) is 5.74. The van der Waals surface area contributed by atoms with Crippen molar-refractivity contribution >= 4 is 5.91 Å². The van der Waals surface area contributed by atoms with Gasteiger partial charge in [-0.1, -0.05) is 12.1 Å². The maximum Gasteiger partial charge on any atom is 0.241 e. The lowest BCUT2D eigenvalue weighted by molar-refractivity contribution is -0.122. The molecule has 0 aliphatic heterocycles. The molecule has 4 nitrogen and oxygen atoms in total. The van der Waals surface area contributed by atoms with E-state index in [1.807, 2.05) is 38.1 Å². The number of likely N-dealkylation sites (N-methyl/N-ethyl adjacent to an activating group) is 2. The van der Waals surface area contributed by atoms with Gasteiger partial charge in [-0.15, -0.1) is 0 Å². The zero-order valence-corrected chi connectivity index (χ0v) is 10.8. The number of carbonyl (C=O) groups excluding carboxylic acids is 1. The van der Waals surface area contributed by atoms with Crippen molar-refractivity contribution in [2.24, 2.45) is 0 Å². The Hall–Kier alpha value is -1.55. The molecule has 0 aliphatic carbocycles. The third-order valence-corrected chi connectivity index (χ3v) is 2.38. The Morgan fingerprint density at radius 2 is 1.76 bits per heavy atom. The molecule has 1 unspecified atom stereocenters. The fourth-order valence-corrected chi connectivity index (χ4v) is 1.60. The Bertz CT molecular complexity index is 360. The first-order chi connectivity index (χ1) is 8.08. The molecule has 0 spiro atoms. The van der Waals surface area contributed by atoms with E-state index in [0.29, 0.717) is 0 Å². The van der Waals surface area contributed by atoms with Crippen LogP contribution in [0, 0.1) is 0 Å². The highest BCUT2D eigenvalue weighted by atomic mass is 16.5. The first-order valence-electron chi connectivity index (χ1n) is 5.74. The van der Waals surface area contributed by atoms with Gasteiger partial charge in [0.15, 0.2) is 0 Å². The Morgan fingerprint density at radius 3 is 2.18 bits per heavy atom. The van der Waals surface area contributed by atoms with Crippen molar-refractivity contribution in [1.82, 2.24) is 10.6 Å². The number of amides is 1. The predicted molar refractivity (Wildman–Crippen MR) is 68.1 cm³/mol. The van der Waals surface area contributed by atoms with Gasteiger partial charge in [0.1, 0.15) is 11.8 Å². The van der Waals surface area contributed by atoms with Crippen LogP contribution in [0.15, 0.2) is 24.3 Å². The molecule has 2 N–H and O–H groups in total. The maximum atomic E-state index is 11.6. The van der Waals surface area contributed by atoms with E-state index in [9.17, 15) is 4.79 Å². The zero-order chi connectivity index (χ0) is 12.8. The van der Waals surface area contributed by atoms with Crippen molar-refractivity contribution in [3.8, 4) is 5.75 Å². The number of nitrogens with one attached hydrogen (secondary N) is 2. The topological polar surface area (TPSA) is 50.4 Å². The van der Waals surface area contributed by atoms with Gasteiger partial charge in [0, 0.05) is 7.05 Å². The second-order valence-corrected chi connectivity index (χ2v) is 4.07. The third-order valence-electron chi connectivity index (χ3n) is 2.38. The van der Waals surface area contributed by atoms with E-state index in [1.54, 1.807) is 14.1 Å². The molecule has 0 aromatic heterocycles. The fraction of sp³-hybridized carbons (Fsp3) is 0.462. The van der Waals surface area contributed by atoms with Crippen LogP contribution in [0.4, 0.5) is 0 Å². The van der Waals surface area contributed by atoms with Crippen LogP contribution in [0.5, 0.6) is 5.75 Å². The van der Waals surface area contributed by atoms with Gasteiger partial charge < -0.3 is 15.4 Å². The van der Waals surface area contributed by atoms with Gasteiger partial charge >= 0.3 is 0 Å². The average Bonchev–Trinajstić information content (AvgIpc) is 2.31. The van der Waals surface area contributed by atoms with E-state index in [-0.39, 0.29) is 18.1 Å². The summed E-state index contributed by atoms with van der Waals surface area (Å²) in [5.74, 6) is 0.764. The van der Waals surface area contributed by atoms with Crippen LogP contribution in [0.3, 0.4) is 0 Å². The molecule has 0 fully saturated rings. The van der Waals surface area contributed by atoms with Gasteiger partial charge in [-0.25, -0.2) is 0 Å². The highest BCUT2D eigenvalue weighted by molar-refractivity contribution is 5.82. The predicted octanol–water partition coefficient (Wildman–Crippen LogP) is 1.48. The Balaban J connectivity index is 2.81. The summed E-state index contributed by atoms with van der Waals surface area (Å²) in [5.41, 5.74) is 0.919. The molecule has 0 bridgehead atoms. The average molecular weight is 236 g/mol. The van der Waals surface area contributed by atoms with Crippen molar-refractivity contribution < 1.29 is 9.53 Å². The fourth-order valence-electron chi connectivity index (χ4n) is 1.60. The molecule has 0 heterocycles. The van der Waals surface area contributed by atoms with Crippen molar-refractivity contribution in [3.63, 3.8) is 0 Å². The summed E-state index contributed by atoms with van der Waals surface area (Å²) < 4.78 is 5.55. The molecule has 1 aromatic carbocycles. The second-order valence-electron chi connectivity index (χ2n) is 4.07. The minimum absolute atomic E-state index is 0.0509. The lowest BCUT2D eigenvalue weighted by Crippen LogP contribution is -2.33. The minimum Gasteiger partial charge on any atom is -0.491 e. The van der Waals surface area contributed by atoms with E-state index in [0.717, 1.165) is 11.3 Å². The standard InChI is InChI=1S/C13H20N2O2/c1-9(2)17-11-7-5-10(6-8-11)12(14-3)13(16)15-4/h5-9,12,14H,1-4H3,(H,15,16). The molecule has 17 heavy (non-hydrogen) atoms. The SMILES string of the molecule is CNC(=O)C(NC)c1ccc(OC(C)C)cc1. The van der Waals surface area contributed by atoms with Crippen LogP contribution in [0.2, 0.25) is 0 Å². The quantitative estimate of drug-likeness (QED) is 0.814. The number of carbonyl (C=O) groups is 1. The van der Waals surface area contributed by atoms with Crippen LogP contribution in [0.25, 0.3) is 0 Å². The highest BCUT2D eigenvalue weighted by Gasteiger charge is 2.16. The van der Waals surface area contributed by atoms with Gasteiger partial charge in [-0.05, 0) is 38.6 Å². The van der Waals surface area contributed by atoms with Crippen molar-refractivity contribution in [3.05, 3.63) is 29.8 Å². The van der Waals surface area contributed by atoms with Crippen LogP contribution >= 0.6 is 0 Å². The summed E-state index contributed by atoms with van der Waals surface area (Å²) in [4.78, 5) is 11.6. The van der Waals surface area contributed by atoms with E-state index in [4.69, 9.17) is 4.74 Å². The Morgan fingerprint density at radius 1 is 1.18 bits per heavy atom. The molecule has 0 aliphatic rings. The number of hydrogen-bond acceptors (Lipinski definition) is 3. The first kappa shape index (κ1) is 13.5. The number of rotatable bonds is 5. The van der Waals surface area contributed by atoms with Gasteiger partial charge in [-0.2, -0.15) is 0 Å². The van der Waals surface area contributed by atoms with E-state index in [2.05, 4.69) is 10.6 Å². The van der Waals surface area contributed by atoms with Gasteiger partial charge in [-0.3, -0.25) is 4.79 Å². The molecule has 0 radical (unpaired) electrons. The van der Waals surface area contributed by atoms with E-state index >= 15 is 0 Å². The van der Waals surface area contributed by atoms with Crippen LogP contribution in [0.1, 0.15) is 25.5 Å². The highest BCUT2D eigenvalue weighted by Crippen LogP contribution is 2.18. The summed E-state index contributed by atoms with van der Waals surface area (Å²) in [6, 6.07) is 7.22. The molecule has 1 atom stereocenters. The van der Waals surface area contributed by atoms with Crippen LogP contribution in [-0.2, 0) is 4.79 Å². The third kappa shape index (κ3) is 3.75.